The van der Waals surface area contributed by atoms with E-state index in [1.165, 1.54) is 0 Å². The molecule has 0 aliphatic carbocycles. The first-order valence-electron chi connectivity index (χ1n) is 4.25. The lowest BCUT2D eigenvalue weighted by molar-refractivity contribution is -0.122. The van der Waals surface area contributed by atoms with Crippen molar-refractivity contribution in [1.82, 2.24) is 5.32 Å². The summed E-state index contributed by atoms with van der Waals surface area (Å²) in [5.74, 6) is 0.421. The predicted molar refractivity (Wildman–Crippen MR) is 50.4 cm³/mol. The standard InChI is InChI=1S/C8H18BNO/c1-5(2)7(11)8(9)10-6(3)4/h5-6,8,10H,9H2,1-4H3. The molecule has 0 aliphatic rings. The predicted octanol–water partition coefficient (Wildman–Crippen LogP) is 0.169. The van der Waals surface area contributed by atoms with Crippen LogP contribution in [0.5, 0.6) is 0 Å². The fraction of sp³-hybridized carbons (Fsp3) is 0.875. The summed E-state index contributed by atoms with van der Waals surface area (Å²) in [7, 11) is 1.92. The van der Waals surface area contributed by atoms with E-state index in [9.17, 15) is 4.79 Å². The molecule has 0 aromatic carbocycles. The van der Waals surface area contributed by atoms with Crippen molar-refractivity contribution in [3.05, 3.63) is 0 Å². The Balaban J connectivity index is 3.83. The van der Waals surface area contributed by atoms with E-state index in [1.807, 2.05) is 35.5 Å². The van der Waals surface area contributed by atoms with Crippen LogP contribution in [0.2, 0.25) is 0 Å². The molecule has 1 unspecified atom stereocenters. The SMILES string of the molecule is BC(NC(C)C)C(=O)C(C)C. The molecule has 0 radical (unpaired) electrons. The number of ketones is 1. The molecule has 1 N–H and O–H groups in total. The van der Waals surface area contributed by atoms with E-state index in [0.29, 0.717) is 11.8 Å². The van der Waals surface area contributed by atoms with Gasteiger partial charge in [-0.05, 0) is 0 Å². The summed E-state index contributed by atoms with van der Waals surface area (Å²) in [6, 6.07) is 0.382. The lowest BCUT2D eigenvalue weighted by atomic mass is 9.86. The maximum atomic E-state index is 11.3. The second kappa shape index (κ2) is 4.55. The van der Waals surface area contributed by atoms with Gasteiger partial charge in [0.05, 0.1) is 0 Å². The second-order valence-corrected chi connectivity index (χ2v) is 3.60. The monoisotopic (exact) mass is 155 g/mol. The Morgan fingerprint density at radius 2 is 1.73 bits per heavy atom. The molecule has 64 valence electrons. The highest BCUT2D eigenvalue weighted by Crippen LogP contribution is 1.97. The molecule has 2 nitrogen and oxygen atoms in total. The minimum absolute atomic E-state index is 0.00463. The fourth-order valence-corrected chi connectivity index (χ4v) is 1.08. The number of carbonyl (C=O) groups excluding carboxylic acids is 1. The Morgan fingerprint density at radius 1 is 1.27 bits per heavy atom. The van der Waals surface area contributed by atoms with Gasteiger partial charge in [0.2, 0.25) is 0 Å². The summed E-state index contributed by atoms with van der Waals surface area (Å²) >= 11 is 0. The van der Waals surface area contributed by atoms with Gasteiger partial charge >= 0.3 is 0 Å². The van der Waals surface area contributed by atoms with Crippen LogP contribution < -0.4 is 5.32 Å². The smallest absolute Gasteiger partial charge is 0.143 e. The first-order valence-corrected chi connectivity index (χ1v) is 4.25. The van der Waals surface area contributed by atoms with Crippen molar-refractivity contribution in [2.75, 3.05) is 0 Å². The maximum absolute atomic E-state index is 11.3. The molecule has 0 aliphatic heterocycles. The van der Waals surface area contributed by atoms with Gasteiger partial charge in [0.25, 0.3) is 0 Å². The van der Waals surface area contributed by atoms with Crippen LogP contribution >= 0.6 is 0 Å². The van der Waals surface area contributed by atoms with Gasteiger partial charge in [-0.15, -0.1) is 0 Å². The summed E-state index contributed by atoms with van der Waals surface area (Å²) in [6.45, 7) is 7.95. The van der Waals surface area contributed by atoms with E-state index in [2.05, 4.69) is 5.32 Å². The number of rotatable bonds is 4. The molecule has 0 aromatic heterocycles. The number of hydrogen-bond acceptors (Lipinski definition) is 2. The highest BCUT2D eigenvalue weighted by atomic mass is 16.1. The zero-order valence-electron chi connectivity index (χ0n) is 8.14. The molecule has 0 bridgehead atoms. The molecular formula is C8H18BNO. The maximum Gasteiger partial charge on any atom is 0.143 e. The van der Waals surface area contributed by atoms with Crippen LogP contribution in [0, 0.1) is 5.92 Å². The van der Waals surface area contributed by atoms with Gasteiger partial charge in [-0.25, -0.2) is 0 Å². The molecule has 3 heteroatoms. The van der Waals surface area contributed by atoms with E-state index in [4.69, 9.17) is 0 Å². The third kappa shape index (κ3) is 4.20. The zero-order valence-corrected chi connectivity index (χ0v) is 8.14. The Labute approximate surface area is 70.2 Å². The normalized spacial score (nSPS) is 14.0. The number of hydrogen-bond donors (Lipinski definition) is 1. The lowest BCUT2D eigenvalue weighted by Gasteiger charge is -2.17. The fourth-order valence-electron chi connectivity index (χ4n) is 1.08. The molecule has 0 saturated heterocycles. The Kier molecular flexibility index (Phi) is 4.42. The minimum atomic E-state index is -0.00463. The van der Waals surface area contributed by atoms with E-state index in [-0.39, 0.29) is 11.9 Å². The highest BCUT2D eigenvalue weighted by molar-refractivity contribution is 6.24. The number of carbonyl (C=O) groups is 1. The Bertz CT molecular complexity index is 134. The van der Waals surface area contributed by atoms with Crippen LogP contribution in [-0.4, -0.2) is 25.6 Å². The molecule has 0 heterocycles. The van der Waals surface area contributed by atoms with Crippen molar-refractivity contribution < 1.29 is 4.79 Å². The van der Waals surface area contributed by atoms with Gasteiger partial charge in [-0.1, -0.05) is 27.7 Å². The summed E-state index contributed by atoms with van der Waals surface area (Å²) in [6.07, 6.45) is 0. The van der Waals surface area contributed by atoms with Crippen molar-refractivity contribution in [2.45, 2.75) is 39.7 Å². The Morgan fingerprint density at radius 3 is 2.00 bits per heavy atom. The molecule has 0 aromatic rings. The molecular weight excluding hydrogens is 137 g/mol. The van der Waals surface area contributed by atoms with Crippen molar-refractivity contribution in [3.8, 4) is 0 Å². The van der Waals surface area contributed by atoms with Crippen LogP contribution in [0.25, 0.3) is 0 Å². The molecule has 0 saturated carbocycles. The number of Topliss-reactive ketones (excluding diaryl/α,β-unsaturated/α-hetero) is 1. The van der Waals surface area contributed by atoms with Crippen LogP contribution in [0.3, 0.4) is 0 Å². The van der Waals surface area contributed by atoms with Crippen LogP contribution in [0.1, 0.15) is 27.7 Å². The van der Waals surface area contributed by atoms with Gasteiger partial charge in [-0.2, -0.15) is 0 Å². The molecule has 11 heavy (non-hydrogen) atoms. The second-order valence-electron chi connectivity index (χ2n) is 3.60. The quantitative estimate of drug-likeness (QED) is 0.586. The van der Waals surface area contributed by atoms with E-state index < -0.39 is 0 Å². The van der Waals surface area contributed by atoms with Gasteiger partial charge in [-0.3, -0.25) is 4.79 Å². The zero-order chi connectivity index (χ0) is 9.02. The summed E-state index contributed by atoms with van der Waals surface area (Å²) in [5.41, 5.74) is 0. The number of nitrogens with one attached hydrogen (secondary N) is 1. The van der Waals surface area contributed by atoms with Crippen molar-refractivity contribution >= 4 is 13.6 Å². The minimum Gasteiger partial charge on any atom is -0.312 e. The van der Waals surface area contributed by atoms with Crippen LogP contribution in [0.15, 0.2) is 0 Å². The lowest BCUT2D eigenvalue weighted by Crippen LogP contribution is -2.43. The molecule has 0 fully saturated rings. The van der Waals surface area contributed by atoms with Crippen molar-refractivity contribution in [1.29, 1.82) is 0 Å². The van der Waals surface area contributed by atoms with Crippen molar-refractivity contribution in [2.24, 2.45) is 5.92 Å². The average Bonchev–Trinajstić information content (AvgIpc) is 1.84. The first-order chi connectivity index (χ1) is 4.95. The molecule has 0 spiro atoms. The molecule has 0 amide bonds. The third-order valence-electron chi connectivity index (χ3n) is 1.58. The Hall–Kier alpha value is -0.305. The van der Waals surface area contributed by atoms with Gasteiger partial charge in [0.15, 0.2) is 0 Å². The largest absolute Gasteiger partial charge is 0.312 e. The van der Waals surface area contributed by atoms with E-state index in [0.717, 1.165) is 0 Å². The highest BCUT2D eigenvalue weighted by Gasteiger charge is 2.15. The van der Waals surface area contributed by atoms with Gasteiger partial charge < -0.3 is 5.32 Å². The van der Waals surface area contributed by atoms with Crippen LogP contribution in [-0.2, 0) is 4.79 Å². The average molecular weight is 155 g/mol. The summed E-state index contributed by atoms with van der Waals surface area (Å²) < 4.78 is 0. The van der Waals surface area contributed by atoms with E-state index >= 15 is 0 Å². The summed E-state index contributed by atoms with van der Waals surface area (Å²) in [4.78, 5) is 11.3. The third-order valence-corrected chi connectivity index (χ3v) is 1.58. The van der Waals surface area contributed by atoms with Crippen LogP contribution in [0.4, 0.5) is 0 Å². The van der Waals surface area contributed by atoms with E-state index in [1.54, 1.807) is 0 Å². The topological polar surface area (TPSA) is 29.1 Å². The summed E-state index contributed by atoms with van der Waals surface area (Å²) in [5, 5.41) is 3.17. The first kappa shape index (κ1) is 10.7. The van der Waals surface area contributed by atoms with Gasteiger partial charge in [0.1, 0.15) is 13.6 Å². The van der Waals surface area contributed by atoms with Crippen molar-refractivity contribution in [3.63, 3.8) is 0 Å². The van der Waals surface area contributed by atoms with Gasteiger partial charge in [0, 0.05) is 17.9 Å². The molecule has 1 atom stereocenters. The molecule has 0 rings (SSSR count).